The zero-order valence-corrected chi connectivity index (χ0v) is 7.65. The lowest BCUT2D eigenvalue weighted by Crippen LogP contribution is -2.25. The SMILES string of the molecule is C[Si](C)(O)C1CC1=C1CC1. The van der Waals surface area contributed by atoms with Crippen molar-refractivity contribution in [3.05, 3.63) is 11.1 Å². The van der Waals surface area contributed by atoms with Gasteiger partial charge in [-0.2, -0.15) is 0 Å². The molecule has 1 unspecified atom stereocenters. The highest BCUT2D eigenvalue weighted by molar-refractivity contribution is 6.73. The Morgan fingerprint density at radius 2 is 2.00 bits per heavy atom. The third-order valence-electron chi connectivity index (χ3n) is 2.49. The molecular weight excluding hydrogens is 140 g/mol. The highest BCUT2D eigenvalue weighted by Gasteiger charge is 2.46. The lowest BCUT2D eigenvalue weighted by Gasteiger charge is -2.10. The van der Waals surface area contributed by atoms with E-state index in [1.807, 2.05) is 13.1 Å². The topological polar surface area (TPSA) is 20.2 Å². The van der Waals surface area contributed by atoms with Crippen molar-refractivity contribution in [1.29, 1.82) is 0 Å². The minimum absolute atomic E-state index is 0.644. The Kier molecular flexibility index (Phi) is 1.15. The number of hydrogen-bond acceptors (Lipinski definition) is 1. The second-order valence-corrected chi connectivity index (χ2v) is 8.04. The van der Waals surface area contributed by atoms with E-state index in [1.165, 1.54) is 19.3 Å². The molecule has 2 fully saturated rings. The molecule has 1 nitrogen and oxygen atoms in total. The Morgan fingerprint density at radius 1 is 1.40 bits per heavy atom. The number of allylic oxidation sites excluding steroid dienone is 2. The van der Waals surface area contributed by atoms with E-state index in [9.17, 15) is 4.80 Å². The fraction of sp³-hybridized carbons (Fsp3) is 0.750. The van der Waals surface area contributed by atoms with Crippen molar-refractivity contribution < 1.29 is 4.80 Å². The van der Waals surface area contributed by atoms with Crippen LogP contribution in [0.25, 0.3) is 0 Å². The van der Waals surface area contributed by atoms with E-state index in [-0.39, 0.29) is 0 Å². The van der Waals surface area contributed by atoms with Gasteiger partial charge in [0.15, 0.2) is 8.32 Å². The van der Waals surface area contributed by atoms with Crippen LogP contribution >= 0.6 is 0 Å². The summed E-state index contributed by atoms with van der Waals surface area (Å²) in [7, 11) is -1.77. The van der Waals surface area contributed by atoms with E-state index in [1.54, 1.807) is 11.1 Å². The predicted molar refractivity (Wildman–Crippen MR) is 44.3 cm³/mol. The molecule has 2 aliphatic rings. The molecule has 1 atom stereocenters. The van der Waals surface area contributed by atoms with Gasteiger partial charge in [-0.25, -0.2) is 0 Å². The highest BCUT2D eigenvalue weighted by atomic mass is 28.4. The van der Waals surface area contributed by atoms with Crippen LogP contribution < -0.4 is 0 Å². The van der Waals surface area contributed by atoms with E-state index in [4.69, 9.17) is 0 Å². The predicted octanol–water partition coefficient (Wildman–Crippen LogP) is 2.05. The quantitative estimate of drug-likeness (QED) is 0.453. The summed E-state index contributed by atoms with van der Waals surface area (Å²) in [6.45, 7) is 4.10. The first kappa shape index (κ1) is 6.62. The van der Waals surface area contributed by atoms with Gasteiger partial charge in [0.2, 0.25) is 0 Å². The van der Waals surface area contributed by atoms with Gasteiger partial charge in [0.1, 0.15) is 0 Å². The maximum Gasteiger partial charge on any atom is 0.189 e. The van der Waals surface area contributed by atoms with E-state index in [0.29, 0.717) is 5.54 Å². The molecule has 0 heterocycles. The Bertz CT molecular complexity index is 194. The molecule has 0 radical (unpaired) electrons. The lowest BCUT2D eigenvalue weighted by molar-refractivity contribution is 0.548. The van der Waals surface area contributed by atoms with Crippen LogP contribution in [0.15, 0.2) is 11.1 Å². The second kappa shape index (κ2) is 1.74. The molecular formula is C8H14OSi. The van der Waals surface area contributed by atoms with Crippen LogP contribution in [0.4, 0.5) is 0 Å². The largest absolute Gasteiger partial charge is 0.432 e. The molecule has 2 heteroatoms. The first-order chi connectivity index (χ1) is 4.59. The van der Waals surface area contributed by atoms with Crippen LogP contribution in [0, 0.1) is 0 Å². The van der Waals surface area contributed by atoms with E-state index >= 15 is 0 Å². The Morgan fingerprint density at radius 3 is 2.30 bits per heavy atom. The standard InChI is InChI=1S/C8H14OSi/c1-10(2,9)8-5-7(8)6-3-4-6/h8-9H,3-5H2,1-2H3. The van der Waals surface area contributed by atoms with Gasteiger partial charge >= 0.3 is 0 Å². The van der Waals surface area contributed by atoms with Gasteiger partial charge in [0.25, 0.3) is 0 Å². The van der Waals surface area contributed by atoms with Crippen LogP contribution in [-0.2, 0) is 0 Å². The zero-order valence-electron chi connectivity index (χ0n) is 6.65. The van der Waals surface area contributed by atoms with Crippen LogP contribution in [0.5, 0.6) is 0 Å². The molecule has 0 aromatic heterocycles. The lowest BCUT2D eigenvalue weighted by atomic mass is 10.5. The summed E-state index contributed by atoms with van der Waals surface area (Å²) in [5.41, 5.74) is 3.93. The van der Waals surface area contributed by atoms with E-state index in [0.717, 1.165) is 0 Å². The molecule has 1 N–H and O–H groups in total. The van der Waals surface area contributed by atoms with Gasteiger partial charge in [-0.05, 0) is 32.4 Å². The minimum atomic E-state index is -1.77. The minimum Gasteiger partial charge on any atom is -0.432 e. The van der Waals surface area contributed by atoms with Gasteiger partial charge in [-0.15, -0.1) is 0 Å². The highest BCUT2D eigenvalue weighted by Crippen LogP contribution is 2.56. The molecule has 0 amide bonds. The summed E-state index contributed by atoms with van der Waals surface area (Å²) in [6.07, 6.45) is 3.89. The van der Waals surface area contributed by atoms with Gasteiger partial charge in [-0.3, -0.25) is 0 Å². The van der Waals surface area contributed by atoms with Crippen LogP contribution in [-0.4, -0.2) is 13.1 Å². The van der Waals surface area contributed by atoms with Gasteiger partial charge < -0.3 is 4.80 Å². The van der Waals surface area contributed by atoms with Gasteiger partial charge in [0, 0.05) is 5.54 Å². The molecule has 10 heavy (non-hydrogen) atoms. The summed E-state index contributed by atoms with van der Waals surface area (Å²) >= 11 is 0. The molecule has 2 saturated carbocycles. The van der Waals surface area contributed by atoms with E-state index < -0.39 is 8.32 Å². The second-order valence-electron chi connectivity index (χ2n) is 4.04. The third kappa shape index (κ3) is 1.06. The Labute approximate surface area is 62.9 Å². The molecule has 0 aliphatic heterocycles. The summed E-state index contributed by atoms with van der Waals surface area (Å²) in [5.74, 6) is 0. The van der Waals surface area contributed by atoms with Crippen molar-refractivity contribution in [2.45, 2.75) is 37.9 Å². The maximum absolute atomic E-state index is 9.71. The summed E-state index contributed by atoms with van der Waals surface area (Å²) in [5, 5.41) is 0. The molecule has 56 valence electrons. The van der Waals surface area contributed by atoms with Crippen molar-refractivity contribution >= 4 is 8.32 Å². The third-order valence-corrected chi connectivity index (χ3v) is 4.75. The average Bonchev–Trinajstić information content (AvgIpc) is 2.56. The van der Waals surface area contributed by atoms with Crippen molar-refractivity contribution in [2.24, 2.45) is 0 Å². The molecule has 2 aliphatic carbocycles. The van der Waals surface area contributed by atoms with Gasteiger partial charge in [0.05, 0.1) is 0 Å². The Hall–Kier alpha value is -0.0831. The van der Waals surface area contributed by atoms with Crippen molar-refractivity contribution in [2.75, 3.05) is 0 Å². The Balaban J connectivity index is 2.08. The van der Waals surface area contributed by atoms with Crippen LogP contribution in [0.3, 0.4) is 0 Å². The first-order valence-electron chi connectivity index (χ1n) is 4.02. The smallest absolute Gasteiger partial charge is 0.189 e. The molecule has 0 saturated heterocycles. The molecule has 0 bridgehead atoms. The van der Waals surface area contributed by atoms with Crippen LogP contribution in [0.2, 0.25) is 18.6 Å². The monoisotopic (exact) mass is 154 g/mol. The van der Waals surface area contributed by atoms with Crippen molar-refractivity contribution in [1.82, 2.24) is 0 Å². The van der Waals surface area contributed by atoms with Crippen molar-refractivity contribution in [3.63, 3.8) is 0 Å². The molecule has 0 aromatic carbocycles. The molecule has 2 rings (SSSR count). The molecule has 0 spiro atoms. The first-order valence-corrected chi connectivity index (χ1v) is 7.04. The number of hydrogen-bond donors (Lipinski definition) is 1. The van der Waals surface area contributed by atoms with Crippen LogP contribution in [0.1, 0.15) is 19.3 Å². The normalized spacial score (nSPS) is 30.9. The summed E-state index contributed by atoms with van der Waals surface area (Å²) < 4.78 is 0. The average molecular weight is 154 g/mol. The fourth-order valence-electron chi connectivity index (χ4n) is 1.61. The van der Waals surface area contributed by atoms with Gasteiger partial charge in [-0.1, -0.05) is 11.1 Å². The van der Waals surface area contributed by atoms with Crippen molar-refractivity contribution in [3.8, 4) is 0 Å². The fourth-order valence-corrected chi connectivity index (χ4v) is 3.39. The van der Waals surface area contributed by atoms with E-state index in [2.05, 4.69) is 0 Å². The number of rotatable bonds is 1. The molecule has 0 aromatic rings. The summed E-state index contributed by atoms with van der Waals surface area (Å²) in [4.78, 5) is 9.71. The summed E-state index contributed by atoms with van der Waals surface area (Å²) in [6, 6.07) is 0. The maximum atomic E-state index is 9.71. The zero-order chi connectivity index (χ0) is 7.35.